The lowest BCUT2D eigenvalue weighted by atomic mass is 10.3. The van der Waals surface area contributed by atoms with Crippen molar-refractivity contribution in [1.82, 2.24) is 9.55 Å². The lowest BCUT2D eigenvalue weighted by Gasteiger charge is -2.03. The van der Waals surface area contributed by atoms with E-state index in [2.05, 4.69) is 4.98 Å². The first-order valence-electron chi connectivity index (χ1n) is 4.56. The number of H-pyrrole nitrogens is 1. The summed E-state index contributed by atoms with van der Waals surface area (Å²) >= 11 is 0. The van der Waals surface area contributed by atoms with E-state index in [0.717, 1.165) is 6.42 Å². The summed E-state index contributed by atoms with van der Waals surface area (Å²) < 4.78 is 1.50. The van der Waals surface area contributed by atoms with E-state index < -0.39 is 0 Å². The van der Waals surface area contributed by atoms with Gasteiger partial charge in [-0.2, -0.15) is 0 Å². The Morgan fingerprint density at radius 2 is 2.36 bits per heavy atom. The van der Waals surface area contributed by atoms with Crippen LogP contribution >= 0.6 is 0 Å². The van der Waals surface area contributed by atoms with Gasteiger partial charge in [-0.25, -0.2) is 4.79 Å². The number of aromatic amines is 1. The van der Waals surface area contributed by atoms with Crippen LogP contribution in [0.15, 0.2) is 15.8 Å². The van der Waals surface area contributed by atoms with E-state index in [1.807, 2.05) is 0 Å². The molecule has 0 aliphatic heterocycles. The van der Waals surface area contributed by atoms with Crippen molar-refractivity contribution in [2.24, 2.45) is 5.92 Å². The molecular formula is C9H12N2O3. The van der Waals surface area contributed by atoms with E-state index in [-0.39, 0.29) is 29.8 Å². The van der Waals surface area contributed by atoms with Gasteiger partial charge in [0.1, 0.15) is 0 Å². The molecule has 5 nitrogen and oxygen atoms in total. The molecule has 0 aromatic carbocycles. The molecule has 1 aromatic rings. The van der Waals surface area contributed by atoms with Crippen molar-refractivity contribution in [1.29, 1.82) is 0 Å². The van der Waals surface area contributed by atoms with Gasteiger partial charge in [-0.3, -0.25) is 14.3 Å². The fourth-order valence-electron chi connectivity index (χ4n) is 1.60. The molecule has 0 amide bonds. The van der Waals surface area contributed by atoms with Crippen molar-refractivity contribution in [3.05, 3.63) is 32.6 Å². The summed E-state index contributed by atoms with van der Waals surface area (Å²) in [5.41, 5.74) is -0.206. The van der Waals surface area contributed by atoms with Crippen LogP contribution in [0.25, 0.3) is 0 Å². The number of hydrogen-bond acceptors (Lipinski definition) is 3. The number of rotatable bonds is 2. The predicted molar refractivity (Wildman–Crippen MR) is 50.3 cm³/mol. The van der Waals surface area contributed by atoms with Crippen LogP contribution in [0.3, 0.4) is 0 Å². The average molecular weight is 196 g/mol. The van der Waals surface area contributed by atoms with Crippen molar-refractivity contribution in [2.75, 3.05) is 6.61 Å². The summed E-state index contributed by atoms with van der Waals surface area (Å²) in [6.07, 6.45) is 2.36. The summed E-state index contributed by atoms with van der Waals surface area (Å²) in [5, 5.41) is 8.87. The number of nitrogens with one attached hydrogen (secondary N) is 1. The van der Waals surface area contributed by atoms with Gasteiger partial charge in [-0.15, -0.1) is 0 Å². The second-order valence-corrected chi connectivity index (χ2v) is 3.72. The molecule has 1 aliphatic rings. The van der Waals surface area contributed by atoms with E-state index in [9.17, 15) is 9.59 Å². The normalized spacial score (nSPS) is 25.0. The first-order chi connectivity index (χ1) is 6.63. The Kier molecular flexibility index (Phi) is 2.03. The Labute approximate surface area is 80.0 Å². The molecule has 2 rings (SSSR count). The van der Waals surface area contributed by atoms with Gasteiger partial charge in [0.25, 0.3) is 5.56 Å². The van der Waals surface area contributed by atoms with Crippen molar-refractivity contribution in [3.8, 4) is 0 Å². The highest BCUT2D eigenvalue weighted by molar-refractivity contribution is 5.05. The molecule has 1 saturated carbocycles. The van der Waals surface area contributed by atoms with Gasteiger partial charge in [0.15, 0.2) is 0 Å². The number of aromatic nitrogens is 2. The zero-order chi connectivity index (χ0) is 10.3. The highest BCUT2D eigenvalue weighted by Crippen LogP contribution is 2.41. The minimum absolute atomic E-state index is 0.0584. The van der Waals surface area contributed by atoms with Gasteiger partial charge in [0.2, 0.25) is 0 Å². The topological polar surface area (TPSA) is 75.1 Å². The molecule has 14 heavy (non-hydrogen) atoms. The maximum Gasteiger partial charge on any atom is 0.328 e. The van der Waals surface area contributed by atoms with Crippen LogP contribution in [-0.4, -0.2) is 21.3 Å². The Morgan fingerprint density at radius 3 is 2.93 bits per heavy atom. The van der Waals surface area contributed by atoms with E-state index in [4.69, 9.17) is 5.11 Å². The molecular weight excluding hydrogens is 184 g/mol. The van der Waals surface area contributed by atoms with Gasteiger partial charge >= 0.3 is 5.69 Å². The summed E-state index contributed by atoms with van der Waals surface area (Å²) in [5.74, 6) is 0.165. The van der Waals surface area contributed by atoms with Crippen molar-refractivity contribution in [2.45, 2.75) is 19.4 Å². The number of aliphatic hydroxyl groups is 1. The zero-order valence-electron chi connectivity index (χ0n) is 7.86. The number of aliphatic hydroxyl groups excluding tert-OH is 1. The molecule has 1 heterocycles. The van der Waals surface area contributed by atoms with Crippen molar-refractivity contribution < 1.29 is 5.11 Å². The van der Waals surface area contributed by atoms with E-state index in [1.165, 1.54) is 4.57 Å². The minimum Gasteiger partial charge on any atom is -0.396 e. The van der Waals surface area contributed by atoms with Crippen LogP contribution in [-0.2, 0) is 0 Å². The zero-order valence-corrected chi connectivity index (χ0v) is 7.86. The van der Waals surface area contributed by atoms with Crippen LogP contribution in [0.4, 0.5) is 0 Å². The van der Waals surface area contributed by atoms with Crippen LogP contribution in [0.5, 0.6) is 0 Å². The van der Waals surface area contributed by atoms with E-state index in [0.29, 0.717) is 5.56 Å². The monoisotopic (exact) mass is 196 g/mol. The van der Waals surface area contributed by atoms with Gasteiger partial charge in [-0.1, -0.05) is 0 Å². The highest BCUT2D eigenvalue weighted by atomic mass is 16.3. The van der Waals surface area contributed by atoms with Crippen LogP contribution in [0.1, 0.15) is 18.0 Å². The lowest BCUT2D eigenvalue weighted by Crippen LogP contribution is -2.30. The van der Waals surface area contributed by atoms with Gasteiger partial charge in [0.05, 0.1) is 0 Å². The smallest absolute Gasteiger partial charge is 0.328 e. The summed E-state index contributed by atoms with van der Waals surface area (Å²) in [7, 11) is 0. The van der Waals surface area contributed by atoms with Crippen molar-refractivity contribution in [3.63, 3.8) is 0 Å². The van der Waals surface area contributed by atoms with Crippen LogP contribution in [0.2, 0.25) is 0 Å². The van der Waals surface area contributed by atoms with Crippen LogP contribution in [0, 0.1) is 12.8 Å². The molecule has 0 unspecified atom stereocenters. The molecule has 2 N–H and O–H groups in total. The largest absolute Gasteiger partial charge is 0.396 e. The Morgan fingerprint density at radius 1 is 1.64 bits per heavy atom. The van der Waals surface area contributed by atoms with Crippen molar-refractivity contribution >= 4 is 0 Å². The Balaban J connectivity index is 2.41. The third kappa shape index (κ3) is 1.39. The van der Waals surface area contributed by atoms with Gasteiger partial charge in [-0.05, 0) is 13.3 Å². The molecule has 5 heteroatoms. The average Bonchev–Trinajstić information content (AvgIpc) is 2.90. The molecule has 0 bridgehead atoms. The molecule has 0 radical (unpaired) electrons. The Hall–Kier alpha value is -1.36. The summed E-state index contributed by atoms with van der Waals surface area (Å²) in [6.45, 7) is 1.75. The second-order valence-electron chi connectivity index (χ2n) is 3.72. The van der Waals surface area contributed by atoms with Crippen LogP contribution < -0.4 is 11.2 Å². The first-order valence-corrected chi connectivity index (χ1v) is 4.56. The molecule has 1 aliphatic carbocycles. The van der Waals surface area contributed by atoms with E-state index in [1.54, 1.807) is 13.1 Å². The Bertz CT molecular complexity index is 460. The van der Waals surface area contributed by atoms with Gasteiger partial charge in [0, 0.05) is 30.3 Å². The summed E-state index contributed by atoms with van der Waals surface area (Å²) in [6, 6.07) is 0.0584. The fraction of sp³-hybridized carbons (Fsp3) is 0.556. The molecule has 1 aromatic heterocycles. The lowest BCUT2D eigenvalue weighted by molar-refractivity contribution is 0.268. The third-order valence-electron chi connectivity index (χ3n) is 2.62. The molecule has 2 atom stereocenters. The molecule has 0 spiro atoms. The number of hydrogen-bond donors (Lipinski definition) is 2. The van der Waals surface area contributed by atoms with E-state index >= 15 is 0 Å². The SMILES string of the molecule is Cc1cn([C@H]2C[C@H]2CO)c(=O)[nH]c1=O. The van der Waals surface area contributed by atoms with Gasteiger partial charge < -0.3 is 5.11 Å². The molecule has 0 saturated heterocycles. The maximum atomic E-state index is 11.4. The fourth-order valence-corrected chi connectivity index (χ4v) is 1.60. The predicted octanol–water partition coefficient (Wildman–Crippen LogP) is -0.602. The maximum absolute atomic E-state index is 11.4. The second kappa shape index (κ2) is 3.09. The standard InChI is InChI=1S/C9H12N2O3/c1-5-3-11(7-2-6(7)4-12)9(14)10-8(5)13/h3,6-7,12H,2,4H2,1H3,(H,10,13,14)/t6-,7-/m0/s1. The summed E-state index contributed by atoms with van der Waals surface area (Å²) in [4.78, 5) is 24.7. The number of nitrogens with zero attached hydrogens (tertiary/aromatic N) is 1. The first kappa shape index (κ1) is 9.21. The number of aryl methyl sites for hydroxylation is 1. The highest BCUT2D eigenvalue weighted by Gasteiger charge is 2.38. The quantitative estimate of drug-likeness (QED) is 0.663. The minimum atomic E-state index is -0.387. The third-order valence-corrected chi connectivity index (χ3v) is 2.62. The molecule has 76 valence electrons. The molecule has 1 fully saturated rings.